The highest BCUT2D eigenvalue weighted by Crippen LogP contribution is 2.22. The van der Waals surface area contributed by atoms with Gasteiger partial charge < -0.3 is 20.6 Å². The van der Waals surface area contributed by atoms with E-state index in [2.05, 4.69) is 4.90 Å². The number of hydrogen-bond acceptors (Lipinski definition) is 4. The fourth-order valence-electron chi connectivity index (χ4n) is 2.29. The number of benzene rings is 1. The highest BCUT2D eigenvalue weighted by atomic mass is 127. The van der Waals surface area contributed by atoms with E-state index < -0.39 is 0 Å². The number of phenols is 1. The first-order valence-corrected chi connectivity index (χ1v) is 7.29. The maximum Gasteiger partial charge on any atom is 0.254 e. The summed E-state index contributed by atoms with van der Waals surface area (Å²) in [6.45, 7) is 2.76. The van der Waals surface area contributed by atoms with Gasteiger partial charge in [0.1, 0.15) is 5.75 Å². The lowest BCUT2D eigenvalue weighted by Crippen LogP contribution is -2.56. The molecule has 0 bridgehead atoms. The molecular weight excluding hydrogens is 357 g/mol. The summed E-state index contributed by atoms with van der Waals surface area (Å²) in [6, 6.07) is 5.05. The first-order valence-electron chi connectivity index (χ1n) is 6.21. The Kier molecular flexibility index (Phi) is 4.64. The van der Waals surface area contributed by atoms with Crippen molar-refractivity contribution in [1.29, 1.82) is 0 Å². The molecule has 1 fully saturated rings. The number of phenolic OH excluding ortho intramolecular Hbond substituents is 1. The molecule has 5 nitrogen and oxygen atoms in total. The summed E-state index contributed by atoms with van der Waals surface area (Å²) >= 11 is 2.03. The number of likely N-dealkylation sites (N-methyl/N-ethyl adjacent to an activating group) is 1. The summed E-state index contributed by atoms with van der Waals surface area (Å²) < 4.78 is 0.739. The van der Waals surface area contributed by atoms with Crippen LogP contribution in [0.25, 0.3) is 0 Å². The number of carbonyl (C=O) groups excluding carboxylic acids is 1. The quantitative estimate of drug-likeness (QED) is 0.748. The third kappa shape index (κ3) is 3.18. The van der Waals surface area contributed by atoms with E-state index in [-0.39, 0.29) is 17.7 Å². The highest BCUT2D eigenvalue weighted by molar-refractivity contribution is 14.1. The van der Waals surface area contributed by atoms with Crippen molar-refractivity contribution >= 4 is 28.5 Å². The number of amides is 1. The zero-order valence-corrected chi connectivity index (χ0v) is 13.0. The van der Waals surface area contributed by atoms with Crippen LogP contribution in [0, 0.1) is 3.57 Å². The SMILES string of the molecule is CN1CCN(C(=O)c2ccc(I)c(O)c2)C(CN)C1. The van der Waals surface area contributed by atoms with E-state index >= 15 is 0 Å². The Labute approximate surface area is 126 Å². The predicted octanol–water partition coefficient (Wildman–Crippen LogP) is 0.712. The second kappa shape index (κ2) is 6.06. The van der Waals surface area contributed by atoms with Crippen LogP contribution in [-0.2, 0) is 0 Å². The van der Waals surface area contributed by atoms with Gasteiger partial charge in [0.25, 0.3) is 5.91 Å². The second-order valence-electron chi connectivity index (χ2n) is 4.82. The summed E-state index contributed by atoms with van der Waals surface area (Å²) in [5, 5.41) is 9.70. The Hall–Kier alpha value is -0.860. The first kappa shape index (κ1) is 14.5. The summed E-state index contributed by atoms with van der Waals surface area (Å²) in [4.78, 5) is 16.5. The standard InChI is InChI=1S/C13H18IN3O2/c1-16-4-5-17(10(7-15)8-16)13(19)9-2-3-11(14)12(18)6-9/h2-3,6,10,18H,4-5,7-8,15H2,1H3. The summed E-state index contributed by atoms with van der Waals surface area (Å²) in [7, 11) is 2.03. The van der Waals surface area contributed by atoms with Gasteiger partial charge in [-0.15, -0.1) is 0 Å². The lowest BCUT2D eigenvalue weighted by molar-refractivity contribution is 0.0515. The van der Waals surface area contributed by atoms with Gasteiger partial charge in [-0.3, -0.25) is 4.79 Å². The van der Waals surface area contributed by atoms with E-state index in [1.54, 1.807) is 12.1 Å². The summed E-state index contributed by atoms with van der Waals surface area (Å²) in [6.07, 6.45) is 0. The van der Waals surface area contributed by atoms with Crippen LogP contribution >= 0.6 is 22.6 Å². The molecule has 0 radical (unpaired) electrons. The molecule has 2 rings (SSSR count). The molecule has 1 atom stereocenters. The molecular formula is C13H18IN3O2. The van der Waals surface area contributed by atoms with Crippen LogP contribution in [-0.4, -0.2) is 60.1 Å². The number of hydrogen-bond donors (Lipinski definition) is 2. The molecule has 1 aromatic rings. The number of piperazine rings is 1. The monoisotopic (exact) mass is 375 g/mol. The number of halogens is 1. The van der Waals surface area contributed by atoms with E-state index in [9.17, 15) is 9.90 Å². The van der Waals surface area contributed by atoms with E-state index in [0.29, 0.717) is 18.7 Å². The van der Waals surface area contributed by atoms with E-state index in [1.807, 2.05) is 34.5 Å². The van der Waals surface area contributed by atoms with Crippen LogP contribution in [0.3, 0.4) is 0 Å². The number of rotatable bonds is 2. The van der Waals surface area contributed by atoms with Gasteiger partial charge >= 0.3 is 0 Å². The molecule has 1 aromatic carbocycles. The average molecular weight is 375 g/mol. The van der Waals surface area contributed by atoms with Crippen LogP contribution in [0.1, 0.15) is 10.4 Å². The van der Waals surface area contributed by atoms with Crippen molar-refractivity contribution in [1.82, 2.24) is 9.80 Å². The third-order valence-electron chi connectivity index (χ3n) is 3.41. The Morgan fingerprint density at radius 3 is 2.89 bits per heavy atom. The molecule has 104 valence electrons. The molecule has 3 N–H and O–H groups in total. The zero-order chi connectivity index (χ0) is 14.0. The zero-order valence-electron chi connectivity index (χ0n) is 10.8. The van der Waals surface area contributed by atoms with Crippen molar-refractivity contribution in [3.63, 3.8) is 0 Å². The van der Waals surface area contributed by atoms with Gasteiger partial charge in [0.05, 0.1) is 9.61 Å². The molecule has 1 heterocycles. The number of nitrogens with zero attached hydrogens (tertiary/aromatic N) is 2. The number of carbonyl (C=O) groups is 1. The highest BCUT2D eigenvalue weighted by Gasteiger charge is 2.28. The van der Waals surface area contributed by atoms with E-state index in [1.165, 1.54) is 6.07 Å². The molecule has 1 saturated heterocycles. The summed E-state index contributed by atoms with van der Waals surface area (Å²) in [5.41, 5.74) is 6.27. The second-order valence-corrected chi connectivity index (χ2v) is 5.98. The van der Waals surface area contributed by atoms with Crippen LogP contribution in [0.15, 0.2) is 18.2 Å². The van der Waals surface area contributed by atoms with Gasteiger partial charge in [-0.1, -0.05) is 0 Å². The van der Waals surface area contributed by atoms with Crippen LogP contribution in [0.4, 0.5) is 0 Å². The third-order valence-corrected chi connectivity index (χ3v) is 4.32. The molecule has 1 amide bonds. The predicted molar refractivity (Wildman–Crippen MR) is 82.2 cm³/mol. The van der Waals surface area contributed by atoms with Crippen molar-refractivity contribution in [2.45, 2.75) is 6.04 Å². The first-order chi connectivity index (χ1) is 9.02. The number of aromatic hydroxyl groups is 1. The van der Waals surface area contributed by atoms with Crippen LogP contribution < -0.4 is 5.73 Å². The lowest BCUT2D eigenvalue weighted by atomic mass is 10.1. The summed E-state index contributed by atoms with van der Waals surface area (Å²) in [5.74, 6) is 0.0834. The Balaban J connectivity index is 2.20. The van der Waals surface area contributed by atoms with Gasteiger partial charge in [-0.25, -0.2) is 0 Å². The molecule has 1 unspecified atom stereocenters. The van der Waals surface area contributed by atoms with Crippen molar-refractivity contribution in [3.05, 3.63) is 27.3 Å². The van der Waals surface area contributed by atoms with Crippen molar-refractivity contribution < 1.29 is 9.90 Å². The normalized spacial score (nSPS) is 20.6. The molecule has 6 heteroatoms. The van der Waals surface area contributed by atoms with E-state index in [0.717, 1.165) is 16.7 Å². The fraction of sp³-hybridized carbons (Fsp3) is 0.462. The molecule has 1 aliphatic rings. The number of nitrogens with two attached hydrogens (primary N) is 1. The maximum atomic E-state index is 12.5. The Morgan fingerprint density at radius 1 is 1.53 bits per heavy atom. The van der Waals surface area contributed by atoms with Gasteiger partial charge in [0, 0.05) is 31.7 Å². The average Bonchev–Trinajstić information content (AvgIpc) is 2.41. The Morgan fingerprint density at radius 2 is 2.26 bits per heavy atom. The minimum atomic E-state index is -0.0600. The fourth-order valence-corrected chi connectivity index (χ4v) is 2.63. The topological polar surface area (TPSA) is 69.8 Å². The lowest BCUT2D eigenvalue weighted by Gasteiger charge is -2.39. The van der Waals surface area contributed by atoms with Crippen molar-refractivity contribution in [2.75, 3.05) is 33.2 Å². The largest absolute Gasteiger partial charge is 0.507 e. The molecule has 0 aromatic heterocycles. The molecule has 0 spiro atoms. The van der Waals surface area contributed by atoms with Crippen LogP contribution in [0.2, 0.25) is 0 Å². The molecule has 1 aliphatic heterocycles. The van der Waals surface area contributed by atoms with Gasteiger partial charge in [-0.05, 0) is 47.8 Å². The van der Waals surface area contributed by atoms with Gasteiger partial charge in [-0.2, -0.15) is 0 Å². The minimum Gasteiger partial charge on any atom is -0.507 e. The van der Waals surface area contributed by atoms with Crippen molar-refractivity contribution in [2.24, 2.45) is 5.73 Å². The molecule has 19 heavy (non-hydrogen) atoms. The van der Waals surface area contributed by atoms with Crippen molar-refractivity contribution in [3.8, 4) is 5.75 Å². The maximum absolute atomic E-state index is 12.5. The van der Waals surface area contributed by atoms with E-state index in [4.69, 9.17) is 5.73 Å². The van der Waals surface area contributed by atoms with Gasteiger partial charge in [0.15, 0.2) is 0 Å². The van der Waals surface area contributed by atoms with Crippen LogP contribution in [0.5, 0.6) is 5.75 Å². The Bertz CT molecular complexity index is 481. The molecule has 0 aliphatic carbocycles. The minimum absolute atomic E-state index is 0.0349. The van der Waals surface area contributed by atoms with Gasteiger partial charge in [0.2, 0.25) is 0 Å². The smallest absolute Gasteiger partial charge is 0.254 e. The molecule has 0 saturated carbocycles.